The molecule has 16 nitrogen and oxygen atoms in total. The van der Waals surface area contributed by atoms with E-state index < -0.39 is 18.0 Å². The molecule has 2 aliphatic rings. The highest BCUT2D eigenvalue weighted by atomic mass is 19.1. The van der Waals surface area contributed by atoms with E-state index in [1.165, 1.54) is 28.0 Å². The number of amides is 3. The number of nitrogens with one attached hydrogen (secondary N) is 1. The number of carbonyl (C=O) groups is 2. The molecule has 0 aliphatic carbocycles. The number of allylic oxidation sites excluding steroid dienone is 1. The summed E-state index contributed by atoms with van der Waals surface area (Å²) >= 11 is 0. The number of likely N-dealkylation sites (tertiary alicyclic amines) is 1. The Morgan fingerprint density at radius 1 is 1.14 bits per heavy atom. The van der Waals surface area contributed by atoms with E-state index in [1.807, 2.05) is 20.0 Å². The van der Waals surface area contributed by atoms with E-state index in [1.54, 1.807) is 48.5 Å². The Bertz CT molecular complexity index is 2240. The number of aryl methyl sites for hydroxylation is 1. The van der Waals surface area contributed by atoms with Gasteiger partial charge in [-0.1, -0.05) is 6.92 Å². The number of pyridine rings is 1. The molecule has 1 atom stereocenters. The van der Waals surface area contributed by atoms with Crippen LogP contribution < -0.4 is 31.3 Å². The lowest BCUT2D eigenvalue weighted by molar-refractivity contribution is -0.108. The number of hydrogen-bond donors (Lipinski definition) is 3. The number of imide groups is 1. The van der Waals surface area contributed by atoms with E-state index in [0.29, 0.717) is 53.0 Å². The average Bonchev–Trinajstić information content (AvgIpc) is 3.83. The average molecular weight is 764 g/mol. The number of nitrogens with zero attached hydrogens (tertiary/aromatic N) is 10. The highest BCUT2D eigenvalue weighted by Crippen LogP contribution is 2.34. The van der Waals surface area contributed by atoms with Gasteiger partial charge in [-0.2, -0.15) is 20.1 Å². The SMILES string of the molecule is CCCN(C(=O)NC=O)c1nn(C)c2cc(N3CC(N4CCC(N=C/C(=C\N)c5cnc(N)c(OC(C)c6cc(F)ccc6-n6nccn6)c5)CC4)C3)ccc12. The molecule has 5 aromatic rings. The third-order valence-corrected chi connectivity index (χ3v) is 10.4. The van der Waals surface area contributed by atoms with Gasteiger partial charge in [0.1, 0.15) is 11.9 Å². The van der Waals surface area contributed by atoms with Crippen molar-refractivity contribution in [2.45, 2.75) is 51.3 Å². The van der Waals surface area contributed by atoms with Crippen molar-refractivity contribution < 1.29 is 18.7 Å². The van der Waals surface area contributed by atoms with Gasteiger partial charge in [0.05, 0.1) is 29.6 Å². The van der Waals surface area contributed by atoms with E-state index in [0.717, 1.165) is 62.0 Å². The first-order chi connectivity index (χ1) is 27.2. The van der Waals surface area contributed by atoms with E-state index in [4.69, 9.17) is 21.2 Å². The number of nitrogens with two attached hydrogens (primary N) is 2. The second-order valence-corrected chi connectivity index (χ2v) is 14.0. The molecule has 2 aromatic carbocycles. The number of carbonyl (C=O) groups excluding carboxylic acids is 2. The largest absolute Gasteiger partial charge is 0.482 e. The number of piperidine rings is 1. The van der Waals surface area contributed by atoms with Crippen LogP contribution in [0.1, 0.15) is 50.3 Å². The lowest BCUT2D eigenvalue weighted by Gasteiger charge is -2.48. The molecular weight excluding hydrogens is 718 g/mol. The minimum Gasteiger partial charge on any atom is -0.482 e. The van der Waals surface area contributed by atoms with E-state index in [-0.39, 0.29) is 11.9 Å². The first kappa shape index (κ1) is 37.9. The maximum Gasteiger partial charge on any atom is 0.329 e. The van der Waals surface area contributed by atoms with Crippen molar-refractivity contribution >= 4 is 52.5 Å². The van der Waals surface area contributed by atoms with Gasteiger partial charge in [-0.15, -0.1) is 0 Å². The third-order valence-electron chi connectivity index (χ3n) is 10.4. The zero-order valence-corrected chi connectivity index (χ0v) is 31.6. The molecule has 5 N–H and O–H groups in total. The van der Waals surface area contributed by atoms with Gasteiger partial charge >= 0.3 is 6.03 Å². The van der Waals surface area contributed by atoms with E-state index in [9.17, 15) is 14.0 Å². The minimum absolute atomic E-state index is 0.152. The molecule has 17 heteroatoms. The second-order valence-electron chi connectivity index (χ2n) is 14.0. The number of benzene rings is 2. The molecule has 5 heterocycles. The Morgan fingerprint density at radius 3 is 2.62 bits per heavy atom. The highest BCUT2D eigenvalue weighted by molar-refractivity contribution is 6.09. The van der Waals surface area contributed by atoms with Crippen LogP contribution in [0.5, 0.6) is 5.75 Å². The van der Waals surface area contributed by atoms with Gasteiger partial charge in [-0.25, -0.2) is 14.2 Å². The molecule has 2 fully saturated rings. The molecule has 0 bridgehead atoms. The molecule has 1 unspecified atom stereocenters. The van der Waals surface area contributed by atoms with Crippen LogP contribution in [0, 0.1) is 5.82 Å². The summed E-state index contributed by atoms with van der Waals surface area (Å²) in [5.41, 5.74) is 16.8. The lowest BCUT2D eigenvalue weighted by atomic mass is 9.99. The standard InChI is InChI=1S/C39H46FN13O3/c1-4-13-52(39(55)45-24-54)38-32-7-6-30(18-35(32)49(3)48-38)51-22-31(23-51)50-14-9-29(10-15-50)43-21-27(19-41)26-16-36(37(42)44-20-26)56-25(2)33-17-28(40)5-8-34(33)53-46-11-12-47-53/h5-8,11-12,16-21,24-25,29,31H,4,9-10,13-15,22-23,41H2,1-3H3,(H2,42,44)(H,45,54,55)/b27-19+,43-21?. The Morgan fingerprint density at radius 2 is 1.91 bits per heavy atom. The predicted octanol–water partition coefficient (Wildman–Crippen LogP) is 4.22. The van der Waals surface area contributed by atoms with Crippen molar-refractivity contribution in [3.05, 3.63) is 84.2 Å². The van der Waals surface area contributed by atoms with Gasteiger partial charge in [0.25, 0.3) is 0 Å². The number of fused-ring (bicyclic) bond motifs is 1. The van der Waals surface area contributed by atoms with Crippen LogP contribution >= 0.6 is 0 Å². The summed E-state index contributed by atoms with van der Waals surface area (Å²) in [6.07, 6.45) is 10.4. The van der Waals surface area contributed by atoms with Crippen molar-refractivity contribution in [3.8, 4) is 11.4 Å². The van der Waals surface area contributed by atoms with Crippen LogP contribution in [0.3, 0.4) is 0 Å². The fraction of sp³-hybridized carbons (Fsp3) is 0.359. The third kappa shape index (κ3) is 7.89. The predicted molar refractivity (Wildman–Crippen MR) is 213 cm³/mol. The van der Waals surface area contributed by atoms with Gasteiger partial charge in [0.15, 0.2) is 17.4 Å². The minimum atomic E-state index is -0.607. The van der Waals surface area contributed by atoms with Crippen LogP contribution in [-0.2, 0) is 11.8 Å². The summed E-state index contributed by atoms with van der Waals surface area (Å²) in [6, 6.07) is 12.4. The van der Waals surface area contributed by atoms with Crippen LogP contribution in [0.15, 0.2) is 72.2 Å². The topological polar surface area (TPSA) is 191 Å². The molecule has 0 saturated carbocycles. The maximum absolute atomic E-state index is 14.3. The molecule has 56 heavy (non-hydrogen) atoms. The van der Waals surface area contributed by atoms with E-state index in [2.05, 4.69) is 47.5 Å². The number of halogens is 1. The van der Waals surface area contributed by atoms with Gasteiger partial charge in [0.2, 0.25) is 6.41 Å². The van der Waals surface area contributed by atoms with Crippen molar-refractivity contribution in [3.63, 3.8) is 0 Å². The van der Waals surface area contributed by atoms with Crippen molar-refractivity contribution in [2.24, 2.45) is 17.8 Å². The van der Waals surface area contributed by atoms with Crippen LogP contribution in [-0.4, -0.2) is 98.1 Å². The van der Waals surface area contributed by atoms with Gasteiger partial charge in [0, 0.05) is 92.2 Å². The summed E-state index contributed by atoms with van der Waals surface area (Å²) in [6.45, 7) is 7.93. The summed E-state index contributed by atoms with van der Waals surface area (Å²) in [5.74, 6) is 0.645. The summed E-state index contributed by atoms with van der Waals surface area (Å²) in [5, 5.41) is 16.1. The van der Waals surface area contributed by atoms with Crippen molar-refractivity contribution in [1.29, 1.82) is 0 Å². The van der Waals surface area contributed by atoms with Crippen LogP contribution in [0.25, 0.3) is 22.2 Å². The number of aliphatic imine (C=N–C) groups is 1. The summed E-state index contributed by atoms with van der Waals surface area (Å²) < 4.78 is 22.3. The molecule has 7 rings (SSSR count). The molecular formula is C39H46FN13O3. The van der Waals surface area contributed by atoms with Crippen molar-refractivity contribution in [1.82, 2.24) is 40.0 Å². The molecule has 2 saturated heterocycles. The van der Waals surface area contributed by atoms with Crippen molar-refractivity contribution in [2.75, 3.05) is 48.3 Å². The molecule has 292 valence electrons. The summed E-state index contributed by atoms with van der Waals surface area (Å²) in [4.78, 5) is 40.6. The second kappa shape index (κ2) is 16.6. The Balaban J connectivity index is 0.938. The molecule has 0 radical (unpaired) electrons. The number of rotatable bonds is 13. The number of anilines is 3. The normalized spacial score (nSPS) is 16.3. The molecule has 2 aliphatic heterocycles. The van der Waals surface area contributed by atoms with Crippen LogP contribution in [0.2, 0.25) is 0 Å². The fourth-order valence-corrected chi connectivity index (χ4v) is 7.31. The number of hydrogen-bond acceptors (Lipinski definition) is 12. The fourth-order valence-electron chi connectivity index (χ4n) is 7.31. The quantitative estimate of drug-likeness (QED) is 0.115. The zero-order chi connectivity index (χ0) is 39.3. The smallest absolute Gasteiger partial charge is 0.329 e. The monoisotopic (exact) mass is 763 g/mol. The lowest BCUT2D eigenvalue weighted by Crippen LogP contribution is -2.61. The van der Waals surface area contributed by atoms with Gasteiger partial charge < -0.3 is 21.1 Å². The molecule has 0 spiro atoms. The van der Waals surface area contributed by atoms with Gasteiger partial charge in [-0.05, 0) is 68.7 Å². The number of aromatic nitrogens is 6. The Hall–Kier alpha value is -6.36. The van der Waals surface area contributed by atoms with Gasteiger partial charge in [-0.3, -0.25) is 29.6 Å². The number of urea groups is 1. The Labute approximate surface area is 323 Å². The molecule has 3 amide bonds. The summed E-state index contributed by atoms with van der Waals surface area (Å²) in [7, 11) is 1.86. The maximum atomic E-state index is 14.3. The van der Waals surface area contributed by atoms with E-state index >= 15 is 0 Å². The zero-order valence-electron chi connectivity index (χ0n) is 31.6. The van der Waals surface area contributed by atoms with Crippen LogP contribution in [0.4, 0.5) is 26.5 Å². The highest BCUT2D eigenvalue weighted by Gasteiger charge is 2.34. The molecule has 3 aromatic heterocycles. The first-order valence-electron chi connectivity index (χ1n) is 18.7. The number of ether oxygens (including phenoxy) is 1. The Kier molecular flexibility index (Phi) is 11.2. The number of nitrogen functional groups attached to an aromatic ring is 1. The first-order valence-corrected chi connectivity index (χ1v) is 18.7.